The van der Waals surface area contributed by atoms with Crippen molar-refractivity contribution in [1.82, 2.24) is 19.7 Å². The molecule has 29 heavy (non-hydrogen) atoms. The minimum absolute atomic E-state index is 0.0966. The third-order valence-electron chi connectivity index (χ3n) is 5.23. The number of rotatable bonds is 5. The highest BCUT2D eigenvalue weighted by molar-refractivity contribution is 7.19. The lowest BCUT2D eigenvalue weighted by Gasteiger charge is -2.21. The Morgan fingerprint density at radius 3 is 2.79 bits per heavy atom. The van der Waals surface area contributed by atoms with Gasteiger partial charge >= 0.3 is 0 Å². The number of nitrogens with one attached hydrogen (secondary N) is 1. The Balaban J connectivity index is 1.86. The summed E-state index contributed by atoms with van der Waals surface area (Å²) in [7, 11) is 0. The first-order chi connectivity index (χ1) is 13.9. The maximum Gasteiger partial charge on any atom is 0.223 e. The van der Waals surface area contributed by atoms with Crippen molar-refractivity contribution in [2.45, 2.75) is 65.8 Å². The Morgan fingerprint density at radius 1 is 1.38 bits per heavy atom. The summed E-state index contributed by atoms with van der Waals surface area (Å²) in [5.41, 5.74) is 6.62. The molecule has 7 heteroatoms. The molecule has 1 unspecified atom stereocenters. The summed E-state index contributed by atoms with van der Waals surface area (Å²) < 4.78 is 2.11. The number of pyridine rings is 1. The van der Waals surface area contributed by atoms with Gasteiger partial charge in [-0.25, -0.2) is 4.98 Å². The van der Waals surface area contributed by atoms with E-state index in [0.717, 1.165) is 52.5 Å². The van der Waals surface area contributed by atoms with E-state index in [1.165, 1.54) is 23.8 Å². The van der Waals surface area contributed by atoms with Crippen LogP contribution in [0.3, 0.4) is 0 Å². The zero-order chi connectivity index (χ0) is 20.7. The highest BCUT2D eigenvalue weighted by atomic mass is 32.1. The van der Waals surface area contributed by atoms with Crippen LogP contribution < -0.4 is 5.32 Å². The van der Waals surface area contributed by atoms with E-state index in [1.54, 1.807) is 0 Å². The van der Waals surface area contributed by atoms with Crippen molar-refractivity contribution in [2.24, 2.45) is 0 Å². The predicted molar refractivity (Wildman–Crippen MR) is 117 cm³/mol. The summed E-state index contributed by atoms with van der Waals surface area (Å²) in [6.45, 7) is 10.2. The van der Waals surface area contributed by atoms with Crippen molar-refractivity contribution in [3.63, 3.8) is 0 Å². The van der Waals surface area contributed by atoms with Crippen LogP contribution in [-0.2, 0) is 17.6 Å². The van der Waals surface area contributed by atoms with Gasteiger partial charge in [0, 0.05) is 36.0 Å². The van der Waals surface area contributed by atoms with Crippen molar-refractivity contribution in [2.75, 3.05) is 5.32 Å². The summed E-state index contributed by atoms with van der Waals surface area (Å²) in [5, 5.41) is 8.53. The lowest BCUT2D eigenvalue weighted by Crippen LogP contribution is -2.11. The molecule has 4 rings (SSSR count). The van der Waals surface area contributed by atoms with Crippen LogP contribution in [0.15, 0.2) is 18.3 Å². The second-order valence-electron chi connectivity index (χ2n) is 8.02. The Hall–Kier alpha value is -2.54. The summed E-state index contributed by atoms with van der Waals surface area (Å²) >= 11 is 1.54. The predicted octanol–water partition coefficient (Wildman–Crippen LogP) is 5.22. The SMILES string of the molecule is CCCc1ccc(-c2nn(C(C)C)c3c2C(C)Cc2nc(NC(C)=O)sc2-3)cn1. The zero-order valence-electron chi connectivity index (χ0n) is 17.6. The van der Waals surface area contributed by atoms with E-state index in [-0.39, 0.29) is 11.9 Å². The van der Waals surface area contributed by atoms with Crippen LogP contribution >= 0.6 is 11.3 Å². The van der Waals surface area contributed by atoms with Gasteiger partial charge in [0.25, 0.3) is 0 Å². The normalized spacial score (nSPS) is 15.3. The average molecular weight is 410 g/mol. The van der Waals surface area contributed by atoms with Crippen LogP contribution in [0, 0.1) is 0 Å². The van der Waals surface area contributed by atoms with Crippen molar-refractivity contribution in [3.05, 3.63) is 35.3 Å². The molecule has 3 aromatic heterocycles. The summed E-state index contributed by atoms with van der Waals surface area (Å²) in [5.74, 6) is 0.197. The molecule has 0 aromatic carbocycles. The number of aryl methyl sites for hydroxylation is 1. The fourth-order valence-electron chi connectivity index (χ4n) is 3.97. The number of carbonyl (C=O) groups is 1. The topological polar surface area (TPSA) is 72.7 Å². The van der Waals surface area contributed by atoms with Gasteiger partial charge in [-0.2, -0.15) is 5.10 Å². The first-order valence-electron chi connectivity index (χ1n) is 10.2. The molecule has 1 N–H and O–H groups in total. The fourth-order valence-corrected chi connectivity index (χ4v) is 5.06. The Morgan fingerprint density at radius 2 is 2.17 bits per heavy atom. The molecule has 0 spiro atoms. The van der Waals surface area contributed by atoms with Gasteiger partial charge in [-0.3, -0.25) is 14.5 Å². The molecular weight excluding hydrogens is 382 g/mol. The van der Waals surface area contributed by atoms with E-state index >= 15 is 0 Å². The summed E-state index contributed by atoms with van der Waals surface area (Å²) in [4.78, 5) is 22.0. The van der Waals surface area contributed by atoms with Crippen LogP contribution in [0.1, 0.15) is 70.0 Å². The van der Waals surface area contributed by atoms with Crippen molar-refractivity contribution in [3.8, 4) is 21.8 Å². The average Bonchev–Trinajstić information content (AvgIpc) is 3.23. The molecule has 0 aliphatic heterocycles. The van der Waals surface area contributed by atoms with Gasteiger partial charge in [0.1, 0.15) is 0 Å². The smallest absolute Gasteiger partial charge is 0.223 e. The van der Waals surface area contributed by atoms with E-state index in [0.29, 0.717) is 11.0 Å². The number of carbonyl (C=O) groups excluding carboxylic acids is 1. The number of aromatic nitrogens is 4. The highest BCUT2D eigenvalue weighted by Gasteiger charge is 2.34. The first kappa shape index (κ1) is 19.8. The van der Waals surface area contributed by atoms with Gasteiger partial charge < -0.3 is 5.32 Å². The number of hydrogen-bond donors (Lipinski definition) is 1. The van der Waals surface area contributed by atoms with E-state index in [9.17, 15) is 4.79 Å². The molecule has 1 aliphatic rings. The van der Waals surface area contributed by atoms with Crippen LogP contribution in [-0.4, -0.2) is 25.7 Å². The minimum Gasteiger partial charge on any atom is -0.302 e. The molecule has 1 atom stereocenters. The Kier molecular flexibility index (Phi) is 5.25. The lowest BCUT2D eigenvalue weighted by molar-refractivity contribution is -0.114. The molecule has 3 heterocycles. The van der Waals surface area contributed by atoms with Gasteiger partial charge in [0.15, 0.2) is 5.13 Å². The molecule has 6 nitrogen and oxygen atoms in total. The Labute approximate surface area is 175 Å². The largest absolute Gasteiger partial charge is 0.302 e. The van der Waals surface area contributed by atoms with Crippen LogP contribution in [0.25, 0.3) is 21.8 Å². The highest BCUT2D eigenvalue weighted by Crippen LogP contribution is 2.48. The molecule has 0 radical (unpaired) electrons. The van der Waals surface area contributed by atoms with E-state index in [4.69, 9.17) is 5.10 Å². The van der Waals surface area contributed by atoms with E-state index in [2.05, 4.69) is 59.8 Å². The van der Waals surface area contributed by atoms with Crippen LogP contribution in [0.4, 0.5) is 5.13 Å². The van der Waals surface area contributed by atoms with Gasteiger partial charge in [0.2, 0.25) is 5.91 Å². The zero-order valence-corrected chi connectivity index (χ0v) is 18.4. The summed E-state index contributed by atoms with van der Waals surface area (Å²) in [6.07, 6.45) is 4.88. The molecule has 152 valence electrons. The molecule has 0 fully saturated rings. The monoisotopic (exact) mass is 409 g/mol. The summed E-state index contributed by atoms with van der Waals surface area (Å²) in [6, 6.07) is 4.47. The fraction of sp³-hybridized carbons (Fsp3) is 0.455. The molecule has 1 amide bonds. The number of anilines is 1. The molecule has 0 bridgehead atoms. The van der Waals surface area contributed by atoms with E-state index in [1.807, 2.05) is 6.20 Å². The van der Waals surface area contributed by atoms with Gasteiger partial charge in [-0.1, -0.05) is 31.6 Å². The van der Waals surface area contributed by atoms with Crippen molar-refractivity contribution in [1.29, 1.82) is 0 Å². The molecule has 0 saturated heterocycles. The lowest BCUT2D eigenvalue weighted by atomic mass is 9.86. The number of amides is 1. The van der Waals surface area contributed by atoms with Gasteiger partial charge in [-0.05, 0) is 44.7 Å². The van der Waals surface area contributed by atoms with E-state index < -0.39 is 0 Å². The number of hydrogen-bond acceptors (Lipinski definition) is 5. The van der Waals surface area contributed by atoms with Crippen molar-refractivity contribution >= 4 is 22.4 Å². The van der Waals surface area contributed by atoms with Gasteiger partial charge in [0.05, 0.1) is 22.0 Å². The van der Waals surface area contributed by atoms with Crippen LogP contribution in [0.2, 0.25) is 0 Å². The second kappa shape index (κ2) is 7.71. The molecule has 1 aliphatic carbocycles. The molecular formula is C22H27N5OS. The molecule has 0 saturated carbocycles. The van der Waals surface area contributed by atoms with Gasteiger partial charge in [-0.15, -0.1) is 0 Å². The first-order valence-corrected chi connectivity index (χ1v) is 11.1. The van der Waals surface area contributed by atoms with Crippen molar-refractivity contribution < 1.29 is 4.79 Å². The molecule has 3 aromatic rings. The third kappa shape index (κ3) is 3.59. The van der Waals surface area contributed by atoms with Crippen LogP contribution in [0.5, 0.6) is 0 Å². The maximum absolute atomic E-state index is 11.5. The third-order valence-corrected chi connectivity index (χ3v) is 6.25. The minimum atomic E-state index is -0.0966. The maximum atomic E-state index is 11.5. The number of fused-ring (bicyclic) bond motifs is 3. The standard InChI is InChI=1S/C22H27N5OS/c1-6-7-16-9-8-15(11-23-16)19-18-13(4)10-17-21(20(18)27(26-19)12(2)3)29-22(25-17)24-14(5)28/h8-9,11-13H,6-7,10H2,1-5H3,(H,24,25,28). The second-order valence-corrected chi connectivity index (χ2v) is 9.02. The Bertz CT molecular complexity index is 1050. The quantitative estimate of drug-likeness (QED) is 0.627. The number of thiazole rings is 1. The number of nitrogens with zero attached hydrogens (tertiary/aromatic N) is 4.